The van der Waals surface area contributed by atoms with Gasteiger partial charge in [-0.05, 0) is 80.1 Å². The molecule has 0 spiro atoms. The van der Waals surface area contributed by atoms with Crippen LogP contribution in [0.2, 0.25) is 0 Å². The van der Waals surface area contributed by atoms with Crippen LogP contribution in [0.1, 0.15) is 44.9 Å². The molecule has 2 heteroatoms. The number of hydrogen-bond acceptors (Lipinski definition) is 2. The molecule has 0 aromatic carbocycles. The predicted octanol–water partition coefficient (Wildman–Crippen LogP) is 3.11. The van der Waals surface area contributed by atoms with Gasteiger partial charge in [0.05, 0.1) is 19.0 Å². The lowest BCUT2D eigenvalue weighted by molar-refractivity contribution is -0.0810. The highest BCUT2D eigenvalue weighted by molar-refractivity contribution is 5.13. The molecule has 0 aromatic heterocycles. The van der Waals surface area contributed by atoms with Gasteiger partial charge in [-0.3, -0.25) is 0 Å². The van der Waals surface area contributed by atoms with E-state index in [0.717, 1.165) is 43.1 Å². The van der Waals surface area contributed by atoms with Gasteiger partial charge in [0.2, 0.25) is 0 Å². The standard InChI is InChI=1S/C16H24O2/c17-16(12-2-1-3-18-9-12)15-13-5-10-4-11(7-13)8-14(15)6-10/h9-11,13-17H,1-8H2. The maximum absolute atomic E-state index is 10.8. The largest absolute Gasteiger partial charge is 0.501 e. The molecule has 18 heavy (non-hydrogen) atoms. The van der Waals surface area contributed by atoms with Crippen LogP contribution in [0.4, 0.5) is 0 Å². The zero-order valence-corrected chi connectivity index (χ0v) is 11.1. The van der Waals surface area contributed by atoms with Crippen molar-refractivity contribution in [2.45, 2.75) is 51.0 Å². The highest BCUT2D eigenvalue weighted by Gasteiger charge is 2.50. The summed E-state index contributed by atoms with van der Waals surface area (Å²) in [5.41, 5.74) is 1.18. The van der Waals surface area contributed by atoms with Gasteiger partial charge in [0.1, 0.15) is 0 Å². The van der Waals surface area contributed by atoms with Crippen molar-refractivity contribution < 1.29 is 9.84 Å². The van der Waals surface area contributed by atoms with Crippen molar-refractivity contribution in [3.63, 3.8) is 0 Å². The zero-order chi connectivity index (χ0) is 12.1. The van der Waals surface area contributed by atoms with Crippen molar-refractivity contribution in [3.05, 3.63) is 11.8 Å². The molecule has 0 radical (unpaired) electrons. The quantitative estimate of drug-likeness (QED) is 0.813. The second-order valence-electron chi connectivity index (χ2n) is 7.12. The highest BCUT2D eigenvalue weighted by Crippen LogP contribution is 2.58. The lowest BCUT2D eigenvalue weighted by atomic mass is 9.50. The van der Waals surface area contributed by atoms with E-state index in [0.29, 0.717) is 5.92 Å². The molecule has 2 nitrogen and oxygen atoms in total. The van der Waals surface area contributed by atoms with Crippen LogP contribution in [0.25, 0.3) is 0 Å². The molecule has 1 heterocycles. The van der Waals surface area contributed by atoms with Crippen LogP contribution in [0.5, 0.6) is 0 Å². The molecule has 5 rings (SSSR count). The topological polar surface area (TPSA) is 29.5 Å². The molecule has 5 aliphatic rings. The molecule has 0 amide bonds. The van der Waals surface area contributed by atoms with Crippen LogP contribution >= 0.6 is 0 Å². The summed E-state index contributed by atoms with van der Waals surface area (Å²) in [7, 11) is 0. The summed E-state index contributed by atoms with van der Waals surface area (Å²) in [5.74, 6) is 4.14. The number of ether oxygens (including phenoxy) is 1. The van der Waals surface area contributed by atoms with E-state index >= 15 is 0 Å². The zero-order valence-electron chi connectivity index (χ0n) is 11.1. The third kappa shape index (κ3) is 1.72. The number of hydrogen-bond donors (Lipinski definition) is 1. The summed E-state index contributed by atoms with van der Waals surface area (Å²) >= 11 is 0. The van der Waals surface area contributed by atoms with Gasteiger partial charge in [0.25, 0.3) is 0 Å². The fourth-order valence-electron chi connectivity index (χ4n) is 5.53. The third-order valence-electron chi connectivity index (χ3n) is 6.01. The molecule has 4 aliphatic carbocycles. The maximum atomic E-state index is 10.8. The average molecular weight is 248 g/mol. The number of aliphatic hydroxyl groups is 1. The number of aliphatic hydroxyl groups excluding tert-OH is 1. The molecule has 4 saturated carbocycles. The normalized spacial score (nSPS) is 47.6. The lowest BCUT2D eigenvalue weighted by Crippen LogP contribution is -2.49. The smallest absolute Gasteiger partial charge is 0.0876 e. The fraction of sp³-hybridized carbons (Fsp3) is 0.875. The molecule has 0 saturated heterocycles. The molecule has 4 fully saturated rings. The second kappa shape index (κ2) is 4.26. The molecule has 100 valence electrons. The van der Waals surface area contributed by atoms with Gasteiger partial charge in [0.15, 0.2) is 0 Å². The van der Waals surface area contributed by atoms with Crippen molar-refractivity contribution in [1.82, 2.24) is 0 Å². The maximum Gasteiger partial charge on any atom is 0.0876 e. The van der Waals surface area contributed by atoms with Crippen LogP contribution in [-0.4, -0.2) is 17.8 Å². The van der Waals surface area contributed by atoms with Crippen LogP contribution in [-0.2, 0) is 4.74 Å². The average Bonchev–Trinajstić information content (AvgIpc) is 2.38. The van der Waals surface area contributed by atoms with Crippen LogP contribution in [0.3, 0.4) is 0 Å². The Morgan fingerprint density at radius 3 is 2.28 bits per heavy atom. The fourth-order valence-corrected chi connectivity index (χ4v) is 5.53. The summed E-state index contributed by atoms with van der Waals surface area (Å²) in [5, 5.41) is 10.8. The summed E-state index contributed by atoms with van der Waals surface area (Å²) in [6, 6.07) is 0. The molecule has 1 atom stereocenters. The van der Waals surface area contributed by atoms with E-state index in [-0.39, 0.29) is 6.10 Å². The number of rotatable bonds is 2. The first-order valence-corrected chi connectivity index (χ1v) is 7.80. The SMILES string of the molecule is OC(C1=COCCC1)C1C2CC3CC(C2)CC1C3. The van der Waals surface area contributed by atoms with E-state index in [1.165, 1.54) is 37.7 Å². The van der Waals surface area contributed by atoms with Gasteiger partial charge in [-0.15, -0.1) is 0 Å². The van der Waals surface area contributed by atoms with Crippen LogP contribution in [0, 0.1) is 29.6 Å². The van der Waals surface area contributed by atoms with E-state index in [2.05, 4.69) is 0 Å². The molecule has 1 unspecified atom stereocenters. The first kappa shape index (κ1) is 11.3. The lowest BCUT2D eigenvalue weighted by Gasteiger charge is -2.55. The second-order valence-corrected chi connectivity index (χ2v) is 7.12. The Morgan fingerprint density at radius 1 is 1.06 bits per heavy atom. The Kier molecular flexibility index (Phi) is 2.68. The monoisotopic (exact) mass is 248 g/mol. The molecular weight excluding hydrogens is 224 g/mol. The van der Waals surface area contributed by atoms with Crippen molar-refractivity contribution in [1.29, 1.82) is 0 Å². The molecule has 4 bridgehead atoms. The van der Waals surface area contributed by atoms with Gasteiger partial charge < -0.3 is 9.84 Å². The van der Waals surface area contributed by atoms with E-state index < -0.39 is 0 Å². The molecule has 1 N–H and O–H groups in total. The minimum atomic E-state index is -0.208. The first-order valence-electron chi connectivity index (χ1n) is 7.80. The Labute approximate surface area is 109 Å². The van der Waals surface area contributed by atoms with Gasteiger partial charge in [-0.1, -0.05) is 0 Å². The van der Waals surface area contributed by atoms with Gasteiger partial charge >= 0.3 is 0 Å². The van der Waals surface area contributed by atoms with Crippen LogP contribution in [0.15, 0.2) is 11.8 Å². The minimum Gasteiger partial charge on any atom is -0.501 e. The van der Waals surface area contributed by atoms with Crippen molar-refractivity contribution in [2.75, 3.05) is 6.61 Å². The van der Waals surface area contributed by atoms with Crippen molar-refractivity contribution in [3.8, 4) is 0 Å². The van der Waals surface area contributed by atoms with E-state index in [1.54, 1.807) is 0 Å². The van der Waals surface area contributed by atoms with Crippen molar-refractivity contribution >= 4 is 0 Å². The summed E-state index contributed by atoms with van der Waals surface area (Å²) in [4.78, 5) is 0. The van der Waals surface area contributed by atoms with Gasteiger partial charge in [0, 0.05) is 0 Å². The van der Waals surface area contributed by atoms with Gasteiger partial charge in [-0.25, -0.2) is 0 Å². The summed E-state index contributed by atoms with van der Waals surface area (Å²) in [6.45, 7) is 0.831. The first-order chi connectivity index (χ1) is 8.81. The van der Waals surface area contributed by atoms with Crippen molar-refractivity contribution in [2.24, 2.45) is 29.6 Å². The Hall–Kier alpha value is -0.500. The van der Waals surface area contributed by atoms with Gasteiger partial charge in [-0.2, -0.15) is 0 Å². The van der Waals surface area contributed by atoms with E-state index in [9.17, 15) is 5.11 Å². The predicted molar refractivity (Wildman–Crippen MR) is 69.8 cm³/mol. The molecule has 1 aliphatic heterocycles. The highest BCUT2D eigenvalue weighted by atomic mass is 16.5. The summed E-state index contributed by atoms with van der Waals surface area (Å²) < 4.78 is 5.42. The van der Waals surface area contributed by atoms with E-state index in [1.807, 2.05) is 6.26 Å². The Balaban J connectivity index is 1.55. The van der Waals surface area contributed by atoms with E-state index in [4.69, 9.17) is 4.74 Å². The molecular formula is C16H24O2. The Morgan fingerprint density at radius 2 is 1.72 bits per heavy atom. The van der Waals surface area contributed by atoms with Crippen LogP contribution < -0.4 is 0 Å². The Bertz CT molecular complexity index is 332. The third-order valence-corrected chi connectivity index (χ3v) is 6.01. The minimum absolute atomic E-state index is 0.208. The molecule has 0 aromatic rings. The summed E-state index contributed by atoms with van der Waals surface area (Å²) in [6.07, 6.45) is 10.8.